The Morgan fingerprint density at radius 3 is 2.48 bits per heavy atom. The maximum absolute atomic E-state index is 12.4. The van der Waals surface area contributed by atoms with Crippen LogP contribution in [0.25, 0.3) is 10.8 Å². The van der Waals surface area contributed by atoms with Crippen molar-refractivity contribution in [2.45, 2.75) is 6.61 Å². The Kier molecular flexibility index (Phi) is 4.19. The molecule has 3 rings (SSSR count). The van der Waals surface area contributed by atoms with Crippen molar-refractivity contribution >= 4 is 22.7 Å². The van der Waals surface area contributed by atoms with Crippen LogP contribution < -0.4 is 4.74 Å². The molecule has 0 aliphatic heterocycles. The van der Waals surface area contributed by atoms with Crippen molar-refractivity contribution in [2.24, 2.45) is 4.99 Å². The standard InChI is InChI=1S/C18H13F2NO2/c19-18(20)23-17-10-2-1-5-12(17)11-21-15-8-3-7-14-13(15)6-4-9-16(14)22/h1-11,18,22H. The molecular weight excluding hydrogens is 300 g/mol. The number of para-hydroxylation sites is 1. The molecule has 0 bridgehead atoms. The van der Waals surface area contributed by atoms with Crippen molar-refractivity contribution in [2.75, 3.05) is 0 Å². The van der Waals surface area contributed by atoms with Crippen molar-refractivity contribution in [1.29, 1.82) is 0 Å². The van der Waals surface area contributed by atoms with Gasteiger partial charge in [-0.3, -0.25) is 4.99 Å². The molecule has 0 aromatic heterocycles. The van der Waals surface area contributed by atoms with Gasteiger partial charge in [0, 0.05) is 22.6 Å². The number of alkyl halides is 2. The summed E-state index contributed by atoms with van der Waals surface area (Å²) in [5.74, 6) is 0.232. The highest BCUT2D eigenvalue weighted by molar-refractivity contribution is 5.98. The van der Waals surface area contributed by atoms with Gasteiger partial charge in [0.2, 0.25) is 0 Å². The fourth-order valence-electron chi connectivity index (χ4n) is 2.32. The summed E-state index contributed by atoms with van der Waals surface area (Å²) in [4.78, 5) is 4.35. The van der Waals surface area contributed by atoms with Crippen LogP contribution >= 0.6 is 0 Å². The molecule has 23 heavy (non-hydrogen) atoms. The van der Waals surface area contributed by atoms with Crippen molar-refractivity contribution < 1.29 is 18.6 Å². The predicted octanol–water partition coefficient (Wildman–Crippen LogP) is 4.90. The topological polar surface area (TPSA) is 41.8 Å². The van der Waals surface area contributed by atoms with Gasteiger partial charge >= 0.3 is 6.61 Å². The number of aliphatic imine (C=N–C) groups is 1. The van der Waals surface area contributed by atoms with Crippen LogP contribution in [0.4, 0.5) is 14.5 Å². The third-order valence-electron chi connectivity index (χ3n) is 3.35. The van der Waals surface area contributed by atoms with Gasteiger partial charge < -0.3 is 9.84 Å². The minimum atomic E-state index is -2.89. The van der Waals surface area contributed by atoms with Gasteiger partial charge in [0.1, 0.15) is 11.5 Å². The van der Waals surface area contributed by atoms with Gasteiger partial charge in [-0.25, -0.2) is 0 Å². The van der Waals surface area contributed by atoms with Crippen LogP contribution in [-0.4, -0.2) is 17.9 Å². The molecule has 0 radical (unpaired) electrons. The molecular formula is C18H13F2NO2. The van der Waals surface area contributed by atoms with Crippen LogP contribution in [0.5, 0.6) is 11.5 Å². The van der Waals surface area contributed by atoms with Crippen LogP contribution in [0.15, 0.2) is 65.7 Å². The van der Waals surface area contributed by atoms with E-state index >= 15 is 0 Å². The first kappa shape index (κ1) is 15.0. The first-order valence-electron chi connectivity index (χ1n) is 6.94. The number of phenols is 1. The predicted molar refractivity (Wildman–Crippen MR) is 85.9 cm³/mol. The van der Waals surface area contributed by atoms with E-state index in [-0.39, 0.29) is 11.5 Å². The summed E-state index contributed by atoms with van der Waals surface area (Å²) in [6.45, 7) is -2.89. The van der Waals surface area contributed by atoms with E-state index in [0.717, 1.165) is 5.39 Å². The maximum Gasteiger partial charge on any atom is 0.387 e. The Morgan fingerprint density at radius 2 is 1.65 bits per heavy atom. The Bertz CT molecular complexity index is 863. The Hall–Kier alpha value is -2.95. The molecule has 0 saturated carbocycles. The molecule has 0 saturated heterocycles. The average molecular weight is 313 g/mol. The number of hydrogen-bond donors (Lipinski definition) is 1. The second-order valence-corrected chi connectivity index (χ2v) is 4.82. The van der Waals surface area contributed by atoms with E-state index < -0.39 is 6.61 Å². The first-order chi connectivity index (χ1) is 11.1. The normalized spacial score (nSPS) is 11.4. The molecule has 3 aromatic carbocycles. The van der Waals surface area contributed by atoms with Gasteiger partial charge in [0.15, 0.2) is 0 Å². The highest BCUT2D eigenvalue weighted by Crippen LogP contribution is 2.31. The summed E-state index contributed by atoms with van der Waals surface area (Å²) < 4.78 is 29.3. The number of rotatable bonds is 4. The molecule has 0 fully saturated rings. The molecule has 0 spiro atoms. The second-order valence-electron chi connectivity index (χ2n) is 4.82. The quantitative estimate of drug-likeness (QED) is 0.696. The van der Waals surface area contributed by atoms with E-state index in [4.69, 9.17) is 0 Å². The summed E-state index contributed by atoms with van der Waals surface area (Å²) in [5.41, 5.74) is 1.08. The molecule has 5 heteroatoms. The van der Waals surface area contributed by atoms with Gasteiger partial charge in [-0.05, 0) is 24.3 Å². The molecule has 0 aliphatic rings. The van der Waals surface area contributed by atoms with Crippen molar-refractivity contribution in [1.82, 2.24) is 0 Å². The number of aromatic hydroxyl groups is 1. The van der Waals surface area contributed by atoms with Crippen molar-refractivity contribution in [3.05, 3.63) is 66.2 Å². The van der Waals surface area contributed by atoms with E-state index in [1.807, 2.05) is 6.07 Å². The van der Waals surface area contributed by atoms with Crippen molar-refractivity contribution in [3.63, 3.8) is 0 Å². The van der Waals surface area contributed by atoms with Gasteiger partial charge in [-0.15, -0.1) is 0 Å². The Morgan fingerprint density at radius 1 is 0.913 bits per heavy atom. The minimum absolute atomic E-state index is 0.0642. The monoisotopic (exact) mass is 313 g/mol. The number of halogens is 2. The van der Waals surface area contributed by atoms with E-state index in [1.54, 1.807) is 48.5 Å². The average Bonchev–Trinajstić information content (AvgIpc) is 2.54. The molecule has 0 aliphatic carbocycles. The highest BCUT2D eigenvalue weighted by atomic mass is 19.3. The lowest BCUT2D eigenvalue weighted by Gasteiger charge is -2.07. The van der Waals surface area contributed by atoms with Crippen LogP contribution in [0.1, 0.15) is 5.56 Å². The maximum atomic E-state index is 12.4. The number of benzene rings is 3. The first-order valence-corrected chi connectivity index (χ1v) is 6.94. The zero-order valence-electron chi connectivity index (χ0n) is 12.0. The highest BCUT2D eigenvalue weighted by Gasteiger charge is 2.08. The number of hydrogen-bond acceptors (Lipinski definition) is 3. The lowest BCUT2D eigenvalue weighted by atomic mass is 10.1. The number of fused-ring (bicyclic) bond motifs is 1. The zero-order valence-corrected chi connectivity index (χ0v) is 12.0. The summed E-state index contributed by atoms with van der Waals surface area (Å²) >= 11 is 0. The molecule has 0 heterocycles. The molecule has 0 amide bonds. The summed E-state index contributed by atoms with van der Waals surface area (Å²) in [6.07, 6.45) is 1.47. The number of ether oxygens (including phenoxy) is 1. The third kappa shape index (κ3) is 3.29. The van der Waals surface area contributed by atoms with Gasteiger partial charge in [-0.2, -0.15) is 8.78 Å². The SMILES string of the molecule is Oc1cccc2c(N=Cc3ccccc3OC(F)F)cccc12. The van der Waals surface area contributed by atoms with Gasteiger partial charge in [0.25, 0.3) is 0 Å². The van der Waals surface area contributed by atoms with E-state index in [1.165, 1.54) is 12.3 Å². The molecule has 1 N–H and O–H groups in total. The summed E-state index contributed by atoms with van der Waals surface area (Å²) in [7, 11) is 0. The van der Waals surface area contributed by atoms with E-state index in [0.29, 0.717) is 16.6 Å². The van der Waals surface area contributed by atoms with Crippen LogP contribution in [0.3, 0.4) is 0 Å². The third-order valence-corrected chi connectivity index (χ3v) is 3.35. The van der Waals surface area contributed by atoms with E-state index in [2.05, 4.69) is 9.73 Å². The lowest BCUT2D eigenvalue weighted by molar-refractivity contribution is -0.0499. The van der Waals surface area contributed by atoms with Gasteiger partial charge in [0.05, 0.1) is 5.69 Å². The second kappa shape index (κ2) is 6.44. The largest absolute Gasteiger partial charge is 0.507 e. The fourth-order valence-corrected chi connectivity index (χ4v) is 2.32. The number of phenolic OH excluding ortho intramolecular Hbond substituents is 1. The lowest BCUT2D eigenvalue weighted by Crippen LogP contribution is -2.03. The number of nitrogens with zero attached hydrogens (tertiary/aromatic N) is 1. The van der Waals surface area contributed by atoms with E-state index in [9.17, 15) is 13.9 Å². The summed E-state index contributed by atoms with van der Waals surface area (Å²) in [5, 5.41) is 11.3. The molecule has 3 aromatic rings. The van der Waals surface area contributed by atoms with Crippen molar-refractivity contribution in [3.8, 4) is 11.5 Å². The molecule has 3 nitrogen and oxygen atoms in total. The van der Waals surface area contributed by atoms with Crippen LogP contribution in [0, 0.1) is 0 Å². The molecule has 0 unspecified atom stereocenters. The fraction of sp³-hybridized carbons (Fsp3) is 0.0556. The summed E-state index contributed by atoms with van der Waals surface area (Å²) in [6, 6.07) is 16.9. The molecule has 0 atom stereocenters. The Labute approximate surface area is 131 Å². The zero-order chi connectivity index (χ0) is 16.2. The smallest absolute Gasteiger partial charge is 0.387 e. The van der Waals surface area contributed by atoms with Crippen LogP contribution in [0.2, 0.25) is 0 Å². The van der Waals surface area contributed by atoms with Crippen LogP contribution in [-0.2, 0) is 0 Å². The van der Waals surface area contributed by atoms with Gasteiger partial charge in [-0.1, -0.05) is 36.4 Å². The Balaban J connectivity index is 2.00. The minimum Gasteiger partial charge on any atom is -0.507 e. The molecule has 116 valence electrons.